The molecule has 0 bridgehead atoms. The third-order valence-electron chi connectivity index (χ3n) is 5.29. The second kappa shape index (κ2) is 11.9. The zero-order chi connectivity index (χ0) is 27.2. The first kappa shape index (κ1) is 26.8. The lowest BCUT2D eigenvalue weighted by atomic mass is 10.1. The van der Waals surface area contributed by atoms with E-state index in [1.165, 1.54) is 6.08 Å². The normalized spacial score (nSPS) is 14.2. The van der Waals surface area contributed by atoms with E-state index in [1.807, 2.05) is 42.6 Å². The fourth-order valence-corrected chi connectivity index (χ4v) is 4.32. The summed E-state index contributed by atoms with van der Waals surface area (Å²) in [5, 5.41) is 1.32. The highest BCUT2D eigenvalue weighted by Gasteiger charge is 2.36. The molecule has 1 aliphatic heterocycles. The van der Waals surface area contributed by atoms with Gasteiger partial charge in [-0.05, 0) is 60.2 Å². The molecule has 7 nitrogen and oxygen atoms in total. The fraction of sp³-hybridized carbons (Fsp3) is 0.148. The maximum Gasteiger partial charge on any atom is 0.294 e. The molecule has 1 fully saturated rings. The highest BCUT2D eigenvalue weighted by molar-refractivity contribution is 8.18. The van der Waals surface area contributed by atoms with Crippen LogP contribution < -0.4 is 14.8 Å². The number of hydrogen-bond acceptors (Lipinski definition) is 6. The second-order valence-corrected chi connectivity index (χ2v) is 8.95. The molecule has 1 aliphatic rings. The Bertz CT molecular complexity index is 1420. The number of halogens is 3. The van der Waals surface area contributed by atoms with E-state index in [2.05, 4.69) is 0 Å². The molecule has 196 valence electrons. The van der Waals surface area contributed by atoms with Gasteiger partial charge in [-0.1, -0.05) is 36.4 Å². The Kier molecular flexibility index (Phi) is 8.37. The number of hydrogen-bond donors (Lipinski definition) is 1. The number of ether oxygens (including phenoxy) is 2. The molecular formula is C27H21F3N2O5S. The number of amides is 3. The highest BCUT2D eigenvalue weighted by Crippen LogP contribution is 2.35. The molecule has 11 heteroatoms. The predicted octanol–water partition coefficient (Wildman–Crippen LogP) is 5.76. The van der Waals surface area contributed by atoms with Crippen LogP contribution in [0.5, 0.6) is 11.5 Å². The van der Waals surface area contributed by atoms with E-state index in [4.69, 9.17) is 9.47 Å². The van der Waals surface area contributed by atoms with Gasteiger partial charge in [0, 0.05) is 0 Å². The summed E-state index contributed by atoms with van der Waals surface area (Å²) in [5.74, 6) is -5.50. The van der Waals surface area contributed by atoms with Gasteiger partial charge in [0.25, 0.3) is 11.1 Å². The van der Waals surface area contributed by atoms with E-state index in [0.29, 0.717) is 53.0 Å². The van der Waals surface area contributed by atoms with Crippen molar-refractivity contribution in [1.29, 1.82) is 0 Å². The molecule has 1 N–H and O–H groups in total. The maximum absolute atomic E-state index is 13.8. The number of nitrogens with one attached hydrogen (secondary N) is 1. The third-order valence-corrected chi connectivity index (χ3v) is 6.19. The summed E-state index contributed by atoms with van der Waals surface area (Å²) in [6.45, 7) is 1.78. The first-order chi connectivity index (χ1) is 18.3. The molecular weight excluding hydrogens is 521 g/mol. The summed E-state index contributed by atoms with van der Waals surface area (Å²) in [7, 11) is 0. The van der Waals surface area contributed by atoms with Crippen LogP contribution in [0.4, 0.5) is 23.7 Å². The number of benzene rings is 3. The molecule has 0 atom stereocenters. The number of carbonyl (C=O) groups excluding carboxylic acids is 3. The maximum atomic E-state index is 13.8. The van der Waals surface area contributed by atoms with Crippen LogP contribution in [0.25, 0.3) is 6.08 Å². The summed E-state index contributed by atoms with van der Waals surface area (Å²) >= 11 is 0.626. The number of nitrogens with zero attached hydrogens (tertiary/aromatic N) is 1. The van der Waals surface area contributed by atoms with Gasteiger partial charge in [-0.15, -0.1) is 0 Å². The van der Waals surface area contributed by atoms with Crippen LogP contribution in [0.3, 0.4) is 0 Å². The van der Waals surface area contributed by atoms with Crippen LogP contribution in [0, 0.1) is 17.5 Å². The lowest BCUT2D eigenvalue weighted by Crippen LogP contribution is -2.36. The van der Waals surface area contributed by atoms with Gasteiger partial charge in [-0.2, -0.15) is 0 Å². The van der Waals surface area contributed by atoms with Crippen LogP contribution in [0.15, 0.2) is 65.6 Å². The molecule has 0 radical (unpaired) electrons. The quantitative estimate of drug-likeness (QED) is 0.274. The standard InChI is InChI=1S/C27H21F3N2O5S/c1-2-36-21-12-17(8-11-20(21)37-15-16-6-4-3-5-7-16)13-22-26(34)32(27(35)38-22)14-23(33)31-19-10-9-18(28)24(29)25(19)30/h3-13H,2,14-15H2,1H3,(H,31,33)/b22-13+. The second-order valence-electron chi connectivity index (χ2n) is 7.95. The monoisotopic (exact) mass is 542 g/mol. The van der Waals surface area contributed by atoms with Crippen molar-refractivity contribution in [3.63, 3.8) is 0 Å². The van der Waals surface area contributed by atoms with Crippen molar-refractivity contribution in [3.8, 4) is 11.5 Å². The minimum atomic E-state index is -1.75. The summed E-state index contributed by atoms with van der Waals surface area (Å²) < 4.78 is 51.9. The predicted molar refractivity (Wildman–Crippen MR) is 136 cm³/mol. The van der Waals surface area contributed by atoms with E-state index in [9.17, 15) is 27.6 Å². The Hall–Kier alpha value is -4.25. The van der Waals surface area contributed by atoms with E-state index < -0.39 is 46.7 Å². The summed E-state index contributed by atoms with van der Waals surface area (Å²) in [4.78, 5) is 38.2. The Morgan fingerprint density at radius 3 is 2.47 bits per heavy atom. The number of rotatable bonds is 9. The van der Waals surface area contributed by atoms with Crippen molar-refractivity contribution in [2.75, 3.05) is 18.5 Å². The zero-order valence-electron chi connectivity index (χ0n) is 20.0. The fourth-order valence-electron chi connectivity index (χ4n) is 3.48. The summed E-state index contributed by atoms with van der Waals surface area (Å²) in [5.41, 5.74) is 0.915. The van der Waals surface area contributed by atoms with Crippen molar-refractivity contribution >= 4 is 40.6 Å². The van der Waals surface area contributed by atoms with Crippen LogP contribution in [-0.4, -0.2) is 35.1 Å². The molecule has 1 heterocycles. The smallest absolute Gasteiger partial charge is 0.294 e. The van der Waals surface area contributed by atoms with Crippen LogP contribution in [0.2, 0.25) is 0 Å². The zero-order valence-corrected chi connectivity index (χ0v) is 20.8. The first-order valence-electron chi connectivity index (χ1n) is 11.4. The van der Waals surface area contributed by atoms with Gasteiger partial charge >= 0.3 is 0 Å². The van der Waals surface area contributed by atoms with Gasteiger partial charge in [0.15, 0.2) is 29.0 Å². The van der Waals surface area contributed by atoms with E-state index in [0.717, 1.165) is 11.6 Å². The summed E-state index contributed by atoms with van der Waals surface area (Å²) in [6, 6.07) is 16.1. The van der Waals surface area contributed by atoms with E-state index in [-0.39, 0.29) is 4.91 Å². The van der Waals surface area contributed by atoms with Gasteiger partial charge in [0.2, 0.25) is 5.91 Å². The van der Waals surface area contributed by atoms with Crippen molar-refractivity contribution < 1.29 is 37.0 Å². The van der Waals surface area contributed by atoms with Crippen molar-refractivity contribution in [2.45, 2.75) is 13.5 Å². The van der Waals surface area contributed by atoms with Crippen LogP contribution >= 0.6 is 11.8 Å². The van der Waals surface area contributed by atoms with Crippen molar-refractivity contribution in [1.82, 2.24) is 4.90 Å². The Morgan fingerprint density at radius 2 is 1.74 bits per heavy atom. The van der Waals surface area contributed by atoms with Crippen LogP contribution in [-0.2, 0) is 16.2 Å². The first-order valence-corrected chi connectivity index (χ1v) is 12.2. The minimum Gasteiger partial charge on any atom is -0.490 e. The average molecular weight is 543 g/mol. The average Bonchev–Trinajstić information content (AvgIpc) is 3.16. The molecule has 0 aliphatic carbocycles. The molecule has 3 amide bonds. The highest BCUT2D eigenvalue weighted by atomic mass is 32.2. The molecule has 0 unspecified atom stereocenters. The van der Waals surface area contributed by atoms with Gasteiger partial charge in [-0.25, -0.2) is 13.2 Å². The topological polar surface area (TPSA) is 84.9 Å². The minimum absolute atomic E-state index is 0.0576. The Morgan fingerprint density at radius 1 is 0.974 bits per heavy atom. The number of carbonyl (C=O) groups is 3. The molecule has 4 rings (SSSR count). The van der Waals surface area contributed by atoms with Gasteiger partial charge in [0.1, 0.15) is 13.2 Å². The summed E-state index contributed by atoms with van der Waals surface area (Å²) in [6.07, 6.45) is 1.47. The van der Waals surface area contributed by atoms with E-state index in [1.54, 1.807) is 18.2 Å². The van der Waals surface area contributed by atoms with Gasteiger partial charge < -0.3 is 14.8 Å². The molecule has 1 saturated heterocycles. The lowest BCUT2D eigenvalue weighted by molar-refractivity contribution is -0.127. The number of thioether (sulfide) groups is 1. The van der Waals surface area contributed by atoms with Gasteiger partial charge in [-0.3, -0.25) is 19.3 Å². The lowest BCUT2D eigenvalue weighted by Gasteiger charge is -2.13. The molecule has 3 aromatic carbocycles. The molecule has 0 saturated carbocycles. The third kappa shape index (κ3) is 6.17. The Labute approximate surface area is 220 Å². The molecule has 0 spiro atoms. The Balaban J connectivity index is 1.45. The van der Waals surface area contributed by atoms with Crippen molar-refractivity contribution in [2.24, 2.45) is 0 Å². The molecule has 3 aromatic rings. The van der Waals surface area contributed by atoms with Crippen molar-refractivity contribution in [3.05, 3.63) is 94.1 Å². The SMILES string of the molecule is CCOc1cc(/C=C2/SC(=O)N(CC(=O)Nc3ccc(F)c(F)c3F)C2=O)ccc1OCc1ccccc1. The van der Waals surface area contributed by atoms with Gasteiger partial charge in [0.05, 0.1) is 17.2 Å². The van der Waals surface area contributed by atoms with Crippen LogP contribution in [0.1, 0.15) is 18.1 Å². The largest absolute Gasteiger partial charge is 0.490 e. The molecule has 38 heavy (non-hydrogen) atoms. The number of imide groups is 1. The molecule has 0 aromatic heterocycles. The number of anilines is 1. The van der Waals surface area contributed by atoms with E-state index >= 15 is 0 Å².